The van der Waals surface area contributed by atoms with Gasteiger partial charge in [-0.2, -0.15) is 13.2 Å². The van der Waals surface area contributed by atoms with Crippen LogP contribution in [-0.4, -0.2) is 40.6 Å². The summed E-state index contributed by atoms with van der Waals surface area (Å²) < 4.78 is 50.5. The van der Waals surface area contributed by atoms with Crippen LogP contribution in [-0.2, 0) is 17.6 Å². The Kier molecular flexibility index (Phi) is 5.51. The van der Waals surface area contributed by atoms with E-state index < -0.39 is 35.8 Å². The topological polar surface area (TPSA) is 114 Å². The Morgan fingerprint density at radius 3 is 2.84 bits per heavy atom. The average molecular weight is 449 g/mol. The highest BCUT2D eigenvalue weighted by Gasteiger charge is 2.36. The number of ether oxygens (including phenoxy) is 1. The number of furan rings is 1. The van der Waals surface area contributed by atoms with Crippen molar-refractivity contribution in [1.82, 2.24) is 15.6 Å². The number of aromatic nitrogens is 1. The molecule has 1 aliphatic rings. The summed E-state index contributed by atoms with van der Waals surface area (Å²) in [5.74, 6) is -0.652. The van der Waals surface area contributed by atoms with Gasteiger partial charge in [-0.3, -0.25) is 14.6 Å². The number of β-amino-alcohol motifs (C(OH)–C–C–N with tert-alkyl or cyclic N) is 1. The first-order chi connectivity index (χ1) is 15.1. The van der Waals surface area contributed by atoms with Gasteiger partial charge in [0.25, 0.3) is 5.91 Å². The molecule has 0 aliphatic carbocycles. The summed E-state index contributed by atoms with van der Waals surface area (Å²) in [6.45, 7) is 1.20. The van der Waals surface area contributed by atoms with Gasteiger partial charge in [0.2, 0.25) is 5.91 Å². The molecule has 2 amide bonds. The Bertz CT molecular complexity index is 1190. The Morgan fingerprint density at radius 2 is 2.16 bits per heavy atom. The lowest BCUT2D eigenvalue weighted by Gasteiger charge is -2.14. The fraction of sp³-hybridized carbons (Fsp3) is 0.286. The van der Waals surface area contributed by atoms with Crippen LogP contribution in [0.3, 0.4) is 0 Å². The van der Waals surface area contributed by atoms with E-state index in [1.165, 1.54) is 30.3 Å². The monoisotopic (exact) mass is 449 g/mol. The molecule has 1 fully saturated rings. The molecule has 1 aliphatic heterocycles. The van der Waals surface area contributed by atoms with Crippen molar-refractivity contribution in [3.05, 3.63) is 59.1 Å². The molecule has 3 N–H and O–H groups in total. The van der Waals surface area contributed by atoms with Gasteiger partial charge in [-0.15, -0.1) is 0 Å². The number of hydrogen-bond donors (Lipinski definition) is 3. The number of benzene rings is 1. The number of halogens is 3. The molecule has 3 heterocycles. The minimum atomic E-state index is -4.62. The highest BCUT2D eigenvalue weighted by molar-refractivity contribution is 6.08. The zero-order valence-corrected chi connectivity index (χ0v) is 16.7. The number of carbonyl (C=O) groups excluding carboxylic acids is 2. The van der Waals surface area contributed by atoms with E-state index in [0.29, 0.717) is 11.0 Å². The molecule has 11 heteroatoms. The number of nitrogens with zero attached hydrogens (tertiary/aromatic N) is 1. The summed E-state index contributed by atoms with van der Waals surface area (Å²) in [6, 6.07) is 6.05. The van der Waals surface area contributed by atoms with E-state index in [-0.39, 0.29) is 35.8 Å². The lowest BCUT2D eigenvalue weighted by Crippen LogP contribution is -2.45. The van der Waals surface area contributed by atoms with Gasteiger partial charge in [0.15, 0.2) is 5.69 Å². The van der Waals surface area contributed by atoms with E-state index in [0.717, 1.165) is 6.20 Å². The number of carbonyl (C=O) groups is 2. The highest BCUT2D eigenvalue weighted by atomic mass is 19.4. The molecule has 2 atom stereocenters. The minimum Gasteiger partial charge on any atom is -0.489 e. The predicted molar refractivity (Wildman–Crippen MR) is 105 cm³/mol. The Morgan fingerprint density at radius 1 is 1.38 bits per heavy atom. The Labute approximate surface area is 179 Å². The van der Waals surface area contributed by atoms with Crippen molar-refractivity contribution in [2.24, 2.45) is 0 Å². The minimum absolute atomic E-state index is 0.0289. The first-order valence-electron chi connectivity index (χ1n) is 9.59. The van der Waals surface area contributed by atoms with Crippen LogP contribution in [0, 0.1) is 6.92 Å². The van der Waals surface area contributed by atoms with Crippen molar-refractivity contribution in [3.8, 4) is 5.75 Å². The number of amides is 2. The zero-order valence-electron chi connectivity index (χ0n) is 16.7. The maximum absolute atomic E-state index is 13.1. The molecule has 168 valence electrons. The second kappa shape index (κ2) is 8.15. The zero-order chi connectivity index (χ0) is 23.0. The van der Waals surface area contributed by atoms with Crippen LogP contribution in [0.25, 0.3) is 11.0 Å². The van der Waals surface area contributed by atoms with Crippen LogP contribution >= 0.6 is 0 Å². The van der Waals surface area contributed by atoms with Crippen molar-refractivity contribution in [2.45, 2.75) is 31.9 Å². The number of nitrogens with one attached hydrogen (secondary N) is 2. The van der Waals surface area contributed by atoms with Crippen molar-refractivity contribution in [1.29, 1.82) is 0 Å². The molecule has 3 aromatic rings. The molecule has 0 saturated carbocycles. The molecular weight excluding hydrogens is 431 g/mol. The fourth-order valence-electron chi connectivity index (χ4n) is 3.53. The van der Waals surface area contributed by atoms with Crippen molar-refractivity contribution >= 4 is 22.8 Å². The van der Waals surface area contributed by atoms with Gasteiger partial charge < -0.3 is 24.9 Å². The molecule has 1 aromatic carbocycles. The number of fused-ring (bicyclic) bond motifs is 1. The van der Waals surface area contributed by atoms with E-state index in [4.69, 9.17) is 9.15 Å². The lowest BCUT2D eigenvalue weighted by atomic mass is 10.1. The highest BCUT2D eigenvalue weighted by Crippen LogP contribution is 2.32. The van der Waals surface area contributed by atoms with Crippen LogP contribution < -0.4 is 15.4 Å². The molecule has 0 radical (unpaired) electrons. The number of rotatable bonds is 5. The van der Waals surface area contributed by atoms with E-state index >= 15 is 0 Å². The molecule has 4 rings (SSSR count). The number of aliphatic hydroxyl groups is 1. The van der Waals surface area contributed by atoms with Gasteiger partial charge >= 0.3 is 6.18 Å². The fourth-order valence-corrected chi connectivity index (χ4v) is 3.53. The average Bonchev–Trinajstić information content (AvgIpc) is 3.24. The van der Waals surface area contributed by atoms with Crippen molar-refractivity contribution in [3.63, 3.8) is 0 Å². The summed E-state index contributed by atoms with van der Waals surface area (Å²) in [6.07, 6.45) is -4.63. The second-order valence-electron chi connectivity index (χ2n) is 7.25. The van der Waals surface area contributed by atoms with Crippen LogP contribution in [0.5, 0.6) is 5.75 Å². The largest absolute Gasteiger partial charge is 0.489 e. The maximum atomic E-state index is 13.1. The quantitative estimate of drug-likeness (QED) is 0.551. The number of alkyl halides is 3. The van der Waals surface area contributed by atoms with Crippen LogP contribution in [0.15, 0.2) is 40.9 Å². The van der Waals surface area contributed by atoms with Gasteiger partial charge in [-0.05, 0) is 31.2 Å². The molecule has 8 nitrogen and oxygen atoms in total. The van der Waals surface area contributed by atoms with Crippen LogP contribution in [0.2, 0.25) is 0 Å². The summed E-state index contributed by atoms with van der Waals surface area (Å²) in [5.41, 5.74) is -0.681. The first kappa shape index (κ1) is 21.6. The molecular formula is C21H18F3N3O5. The predicted octanol–water partition coefficient (Wildman–Crippen LogP) is 2.32. The molecule has 0 unspecified atom stereocenters. The van der Waals surface area contributed by atoms with E-state index in [9.17, 15) is 27.9 Å². The van der Waals surface area contributed by atoms with Gasteiger partial charge in [-0.25, -0.2) is 0 Å². The van der Waals surface area contributed by atoms with E-state index in [2.05, 4.69) is 15.6 Å². The summed E-state index contributed by atoms with van der Waals surface area (Å²) in [4.78, 5) is 28.0. The number of aliphatic hydroxyl groups excluding tert-OH is 1. The summed E-state index contributed by atoms with van der Waals surface area (Å²) in [7, 11) is 0. The third-order valence-corrected chi connectivity index (χ3v) is 5.06. The third-order valence-electron chi connectivity index (χ3n) is 5.06. The molecule has 32 heavy (non-hydrogen) atoms. The molecule has 2 aromatic heterocycles. The van der Waals surface area contributed by atoms with Crippen LogP contribution in [0.1, 0.15) is 27.4 Å². The Balaban J connectivity index is 1.58. The van der Waals surface area contributed by atoms with Gasteiger partial charge in [0, 0.05) is 23.7 Å². The molecule has 0 bridgehead atoms. The van der Waals surface area contributed by atoms with Gasteiger partial charge in [-0.1, -0.05) is 6.07 Å². The third kappa shape index (κ3) is 4.11. The van der Waals surface area contributed by atoms with Gasteiger partial charge in [0.05, 0.1) is 5.56 Å². The molecule has 0 spiro atoms. The summed E-state index contributed by atoms with van der Waals surface area (Å²) in [5, 5.41) is 15.1. The van der Waals surface area contributed by atoms with Crippen molar-refractivity contribution < 1.29 is 37.0 Å². The normalized spacial score (nSPS) is 18.6. The number of aryl methyl sites for hydroxylation is 1. The lowest BCUT2D eigenvalue weighted by molar-refractivity contribution is -0.142. The summed E-state index contributed by atoms with van der Waals surface area (Å²) >= 11 is 0. The number of pyridine rings is 1. The second-order valence-corrected chi connectivity index (χ2v) is 7.25. The number of hydrogen-bond acceptors (Lipinski definition) is 6. The van der Waals surface area contributed by atoms with E-state index in [1.807, 2.05) is 0 Å². The van der Waals surface area contributed by atoms with Gasteiger partial charge in [0.1, 0.15) is 35.8 Å². The first-order valence-corrected chi connectivity index (χ1v) is 9.59. The molecule has 1 saturated heterocycles. The van der Waals surface area contributed by atoms with E-state index in [1.54, 1.807) is 6.92 Å². The SMILES string of the molecule is Cc1oc2ccc(OCc3cccnc3C(F)(F)F)cc2c1C(=O)N[C@@H]1C(=O)NC[C@H]1O. The standard InChI is InChI=1S/C21H18F3N3O5/c1-10-16(19(29)27-17-14(28)8-26-20(17)30)13-7-12(4-5-15(13)32-10)31-9-11-3-2-6-25-18(11)21(22,23)24/h2-7,14,17,28H,8-9H2,1H3,(H,26,30)(H,27,29)/t14-,17+/m1/s1. The Hall–Kier alpha value is -3.60. The van der Waals surface area contributed by atoms with Crippen molar-refractivity contribution in [2.75, 3.05) is 6.54 Å². The smallest absolute Gasteiger partial charge is 0.433 e. The van der Waals surface area contributed by atoms with Crippen LogP contribution in [0.4, 0.5) is 13.2 Å². The maximum Gasteiger partial charge on any atom is 0.433 e.